The van der Waals surface area contributed by atoms with Crippen molar-refractivity contribution in [2.24, 2.45) is 11.0 Å². The molecule has 10 nitrogen and oxygen atoms in total. The van der Waals surface area contributed by atoms with Crippen LogP contribution in [-0.4, -0.2) is 54.7 Å². The number of ether oxygens (including phenoxy) is 1. The topological polar surface area (TPSA) is 123 Å². The molecule has 0 atom stereocenters. The maximum Gasteiger partial charge on any atom is 0.259 e. The van der Waals surface area contributed by atoms with Crippen LogP contribution in [0.4, 0.5) is 0 Å². The molecular formula is C35H40N6O4. The predicted octanol–water partition coefficient (Wildman–Crippen LogP) is 4.60. The van der Waals surface area contributed by atoms with Gasteiger partial charge in [0.25, 0.3) is 5.56 Å². The second kappa shape index (κ2) is 12.3. The van der Waals surface area contributed by atoms with Crippen LogP contribution in [-0.2, 0) is 22.4 Å². The number of aliphatic hydroxyl groups is 1. The number of carbonyl (C=O) groups is 1. The molecule has 0 spiro atoms. The van der Waals surface area contributed by atoms with E-state index in [2.05, 4.69) is 45.7 Å². The van der Waals surface area contributed by atoms with Gasteiger partial charge in [-0.3, -0.25) is 14.2 Å². The molecule has 0 radical (unpaired) electrons. The molecule has 1 aliphatic carbocycles. The SMILES string of the molecule is CCCc1c(Cc2ccc(-c3ccccc3)c(C3=NNC(=O)C3)c2)c(=O)n(C2CCC(O)(C3CCOCC3)CC2)c2ncnn12. The standard InChI is InChI=1S/C35H40N6O4/c1-2-6-31-29(20-23-9-10-27(24-7-4-3-5-8-24)28(19-23)30-21-32(42)39-38-30)33(43)40(34-36-22-37-41(31)34)26-11-15-35(44,16-12-26)25-13-17-45-18-14-25/h3-5,7-10,19,22,25-26,44H,2,6,11-18,20-21H2,1H3,(H,39,42). The lowest BCUT2D eigenvalue weighted by Gasteiger charge is -2.43. The Morgan fingerprint density at radius 2 is 1.80 bits per heavy atom. The summed E-state index contributed by atoms with van der Waals surface area (Å²) in [6.45, 7) is 3.50. The van der Waals surface area contributed by atoms with Crippen LogP contribution in [0.3, 0.4) is 0 Å². The molecule has 234 valence electrons. The van der Waals surface area contributed by atoms with Gasteiger partial charge in [-0.05, 0) is 73.6 Å². The molecule has 0 unspecified atom stereocenters. The van der Waals surface area contributed by atoms with E-state index in [4.69, 9.17) is 4.74 Å². The largest absolute Gasteiger partial charge is 0.390 e. The van der Waals surface area contributed by atoms with Crippen LogP contribution in [0.25, 0.3) is 16.9 Å². The minimum atomic E-state index is -0.713. The summed E-state index contributed by atoms with van der Waals surface area (Å²) in [6.07, 6.45) is 8.20. The molecule has 4 heterocycles. The summed E-state index contributed by atoms with van der Waals surface area (Å²) in [7, 11) is 0. The third-order valence-electron chi connectivity index (χ3n) is 9.98. The first-order valence-corrected chi connectivity index (χ1v) is 16.3. The summed E-state index contributed by atoms with van der Waals surface area (Å²) in [4.78, 5) is 31.2. The van der Waals surface area contributed by atoms with Crippen molar-refractivity contribution in [2.75, 3.05) is 13.2 Å². The normalized spacial score (nSPS) is 22.5. The Bertz CT molecular complexity index is 1800. The molecule has 7 rings (SSSR count). The van der Waals surface area contributed by atoms with Crippen molar-refractivity contribution < 1.29 is 14.6 Å². The van der Waals surface area contributed by atoms with Gasteiger partial charge in [-0.2, -0.15) is 15.2 Å². The maximum absolute atomic E-state index is 14.5. The fraction of sp³-hybridized carbons (Fsp3) is 0.457. The maximum atomic E-state index is 14.5. The summed E-state index contributed by atoms with van der Waals surface area (Å²) in [6, 6.07) is 16.2. The Hall–Kier alpha value is -4.15. The van der Waals surface area contributed by atoms with Gasteiger partial charge >= 0.3 is 0 Å². The average Bonchev–Trinajstić information content (AvgIpc) is 3.74. The third-order valence-corrected chi connectivity index (χ3v) is 9.98. The van der Waals surface area contributed by atoms with Gasteiger partial charge in [0, 0.05) is 36.8 Å². The molecule has 0 bridgehead atoms. The van der Waals surface area contributed by atoms with Crippen molar-refractivity contribution in [1.82, 2.24) is 24.6 Å². The number of nitrogens with one attached hydrogen (secondary N) is 1. The number of benzene rings is 2. The van der Waals surface area contributed by atoms with E-state index in [1.54, 1.807) is 0 Å². The number of nitrogens with zero attached hydrogens (tertiary/aromatic N) is 5. The molecule has 2 aromatic heterocycles. The zero-order valence-corrected chi connectivity index (χ0v) is 25.7. The first-order chi connectivity index (χ1) is 21.9. The van der Waals surface area contributed by atoms with E-state index < -0.39 is 5.60 Å². The van der Waals surface area contributed by atoms with Crippen LogP contribution in [0.1, 0.15) is 86.7 Å². The predicted molar refractivity (Wildman–Crippen MR) is 171 cm³/mol. The van der Waals surface area contributed by atoms with Crippen LogP contribution in [0.5, 0.6) is 0 Å². The van der Waals surface area contributed by atoms with E-state index in [0.29, 0.717) is 68.8 Å². The minimum absolute atomic E-state index is 0.0378. The van der Waals surface area contributed by atoms with Gasteiger partial charge in [0.1, 0.15) is 6.33 Å². The molecule has 3 aliphatic rings. The van der Waals surface area contributed by atoms with Crippen LogP contribution in [0.2, 0.25) is 0 Å². The Kier molecular flexibility index (Phi) is 8.10. The number of fused-ring (bicyclic) bond motifs is 1. The van der Waals surface area contributed by atoms with Crippen molar-refractivity contribution in [2.45, 2.75) is 82.8 Å². The zero-order valence-electron chi connectivity index (χ0n) is 25.7. The highest BCUT2D eigenvalue weighted by Crippen LogP contribution is 2.42. The van der Waals surface area contributed by atoms with E-state index >= 15 is 0 Å². The molecule has 4 aromatic rings. The van der Waals surface area contributed by atoms with Crippen molar-refractivity contribution in [3.63, 3.8) is 0 Å². The Morgan fingerprint density at radius 3 is 2.51 bits per heavy atom. The fourth-order valence-electron chi connectivity index (χ4n) is 7.61. The number of rotatable bonds is 8. The highest BCUT2D eigenvalue weighted by molar-refractivity contribution is 6.16. The summed E-state index contributed by atoms with van der Waals surface area (Å²) < 4.78 is 9.24. The molecule has 1 saturated heterocycles. The van der Waals surface area contributed by atoms with Crippen molar-refractivity contribution >= 4 is 17.4 Å². The summed E-state index contributed by atoms with van der Waals surface area (Å²) in [5.74, 6) is 0.677. The van der Waals surface area contributed by atoms with Crippen molar-refractivity contribution in [3.05, 3.63) is 87.6 Å². The van der Waals surface area contributed by atoms with Gasteiger partial charge in [-0.15, -0.1) is 0 Å². The third kappa shape index (κ3) is 5.61. The van der Waals surface area contributed by atoms with Gasteiger partial charge in [0.2, 0.25) is 11.7 Å². The first kappa shape index (κ1) is 29.6. The van der Waals surface area contributed by atoms with Gasteiger partial charge in [0.05, 0.1) is 23.4 Å². The number of carbonyl (C=O) groups excluding carboxylic acids is 1. The van der Waals surface area contributed by atoms with Crippen LogP contribution < -0.4 is 11.0 Å². The Labute approximate surface area is 262 Å². The Balaban J connectivity index is 1.27. The molecule has 10 heteroatoms. The number of aromatic nitrogens is 4. The van der Waals surface area contributed by atoms with Crippen LogP contribution >= 0.6 is 0 Å². The highest BCUT2D eigenvalue weighted by atomic mass is 16.5. The molecule has 45 heavy (non-hydrogen) atoms. The number of hydrogen-bond acceptors (Lipinski definition) is 7. The smallest absolute Gasteiger partial charge is 0.259 e. The molecule has 2 aromatic carbocycles. The summed E-state index contributed by atoms with van der Waals surface area (Å²) >= 11 is 0. The number of hydrazone groups is 1. The first-order valence-electron chi connectivity index (χ1n) is 16.3. The lowest BCUT2D eigenvalue weighted by atomic mass is 9.71. The van der Waals surface area contributed by atoms with E-state index in [-0.39, 0.29) is 29.8 Å². The average molecular weight is 609 g/mol. The highest BCUT2D eigenvalue weighted by Gasteiger charge is 2.41. The second-order valence-corrected chi connectivity index (χ2v) is 12.7. The van der Waals surface area contributed by atoms with Gasteiger partial charge in [-0.25, -0.2) is 9.94 Å². The molecule has 1 saturated carbocycles. The van der Waals surface area contributed by atoms with E-state index in [9.17, 15) is 14.7 Å². The van der Waals surface area contributed by atoms with Gasteiger partial charge < -0.3 is 9.84 Å². The van der Waals surface area contributed by atoms with Gasteiger partial charge in [0.15, 0.2) is 0 Å². The number of hydrogen-bond donors (Lipinski definition) is 2. The van der Waals surface area contributed by atoms with E-state index in [0.717, 1.165) is 47.2 Å². The lowest BCUT2D eigenvalue weighted by molar-refractivity contribution is -0.119. The molecule has 2 fully saturated rings. The van der Waals surface area contributed by atoms with Crippen molar-refractivity contribution in [1.29, 1.82) is 0 Å². The van der Waals surface area contributed by atoms with Crippen LogP contribution in [0.15, 0.2) is 64.8 Å². The monoisotopic (exact) mass is 608 g/mol. The van der Waals surface area contributed by atoms with E-state index in [1.807, 2.05) is 39.4 Å². The quantitative estimate of drug-likeness (QED) is 0.302. The molecule has 2 aliphatic heterocycles. The number of amides is 1. The minimum Gasteiger partial charge on any atom is -0.390 e. The second-order valence-electron chi connectivity index (χ2n) is 12.7. The Morgan fingerprint density at radius 1 is 1.02 bits per heavy atom. The van der Waals surface area contributed by atoms with Gasteiger partial charge in [-0.1, -0.05) is 55.8 Å². The molecular weight excluding hydrogens is 568 g/mol. The molecule has 2 N–H and O–H groups in total. The van der Waals surface area contributed by atoms with E-state index in [1.165, 1.54) is 6.33 Å². The lowest BCUT2D eigenvalue weighted by Crippen LogP contribution is -2.45. The molecule has 1 amide bonds. The fourth-order valence-corrected chi connectivity index (χ4v) is 7.61. The summed E-state index contributed by atoms with van der Waals surface area (Å²) in [5, 5.41) is 20.5. The van der Waals surface area contributed by atoms with Crippen molar-refractivity contribution in [3.8, 4) is 11.1 Å². The zero-order chi connectivity index (χ0) is 31.0. The van der Waals surface area contributed by atoms with Crippen LogP contribution in [0, 0.1) is 5.92 Å². The summed E-state index contributed by atoms with van der Waals surface area (Å²) in [5.41, 5.74) is 8.00. The number of aryl methyl sites for hydroxylation is 1.